The van der Waals surface area contributed by atoms with Gasteiger partial charge in [-0.25, -0.2) is 0 Å². The monoisotopic (exact) mass is 500 g/mol. The Morgan fingerprint density at radius 1 is 1.25 bits per heavy atom. The van der Waals surface area contributed by atoms with Crippen LogP contribution in [0, 0.1) is 12.8 Å². The number of nitrogens with zero attached hydrogens (tertiary/aromatic N) is 2. The number of rotatable bonds is 5. The largest absolute Gasteiger partial charge is 0.494 e. The molecule has 1 aromatic heterocycles. The molecular weight excluding hydrogens is 476 g/mol. The Hall–Kier alpha value is -2.61. The lowest BCUT2D eigenvalue weighted by Crippen LogP contribution is -2.41. The first-order valence-corrected chi connectivity index (χ1v) is 12.0. The molecule has 8 heteroatoms. The van der Waals surface area contributed by atoms with E-state index in [1.165, 1.54) is 4.90 Å². The molecule has 0 saturated heterocycles. The number of ketones is 1. The summed E-state index contributed by atoms with van der Waals surface area (Å²) >= 11 is 3.67. The maximum atomic E-state index is 13.7. The smallest absolute Gasteiger partial charge is 0.295 e. The molecule has 32 heavy (non-hydrogen) atoms. The minimum atomic E-state index is -0.642. The zero-order valence-corrected chi connectivity index (χ0v) is 19.6. The first kappa shape index (κ1) is 21.2. The number of carbonyl (C=O) groups excluding carboxylic acids is 2. The predicted octanol–water partition coefficient (Wildman–Crippen LogP) is 4.65. The van der Waals surface area contributed by atoms with Gasteiger partial charge in [-0.05, 0) is 50.3 Å². The van der Waals surface area contributed by atoms with Gasteiger partial charge in [0.05, 0.1) is 24.1 Å². The third-order valence-electron chi connectivity index (χ3n) is 6.29. The van der Waals surface area contributed by atoms with E-state index in [2.05, 4.69) is 21.1 Å². The van der Waals surface area contributed by atoms with Gasteiger partial charge in [-0.2, -0.15) is 0 Å². The normalized spacial score (nSPS) is 27.3. The van der Waals surface area contributed by atoms with Crippen LogP contribution in [0.4, 0.5) is 5.82 Å². The van der Waals surface area contributed by atoms with Crippen LogP contribution in [0.5, 0.6) is 5.75 Å². The standard InChI is InChI=1S/C24H25BrN2O5/c1-3-9-30-16-6-4-5-14(11-16)21-20-22(28)17-12-15(25)7-8-18(17)31-23(20)24(29)27(21)19-10-13(2)32-26-19/h4-6,10-11,15,17-18,21H,3,7-9,12H2,1-2H3. The van der Waals surface area contributed by atoms with E-state index in [-0.39, 0.29) is 34.3 Å². The average Bonchev–Trinajstić information content (AvgIpc) is 3.34. The molecule has 0 spiro atoms. The van der Waals surface area contributed by atoms with E-state index in [0.29, 0.717) is 35.9 Å². The fourth-order valence-electron chi connectivity index (χ4n) is 4.83. The molecule has 2 aliphatic heterocycles. The summed E-state index contributed by atoms with van der Waals surface area (Å²) in [7, 11) is 0. The number of aromatic nitrogens is 1. The van der Waals surface area contributed by atoms with Gasteiger partial charge in [0.2, 0.25) is 0 Å². The molecule has 1 saturated carbocycles. The summed E-state index contributed by atoms with van der Waals surface area (Å²) in [5.74, 6) is 1.16. The predicted molar refractivity (Wildman–Crippen MR) is 121 cm³/mol. The van der Waals surface area contributed by atoms with E-state index in [1.807, 2.05) is 31.2 Å². The number of benzene rings is 1. The van der Waals surface area contributed by atoms with E-state index in [1.54, 1.807) is 13.0 Å². The SMILES string of the molecule is CCCOc1cccc(C2C3=C(OC4CCC(Br)CC4C3=O)C(=O)N2c2cc(C)on2)c1. The lowest BCUT2D eigenvalue weighted by atomic mass is 9.77. The van der Waals surface area contributed by atoms with E-state index >= 15 is 0 Å². The van der Waals surface area contributed by atoms with E-state index in [4.69, 9.17) is 14.0 Å². The number of amides is 1. The third-order valence-corrected chi connectivity index (χ3v) is 7.12. The van der Waals surface area contributed by atoms with Gasteiger partial charge in [-0.1, -0.05) is 40.1 Å². The number of alkyl halides is 1. The summed E-state index contributed by atoms with van der Waals surface area (Å²) < 4.78 is 17.3. The van der Waals surface area contributed by atoms with Crippen molar-refractivity contribution in [3.63, 3.8) is 0 Å². The minimum absolute atomic E-state index is 0.0126. The van der Waals surface area contributed by atoms with Crippen LogP contribution in [-0.4, -0.2) is 34.4 Å². The fourth-order valence-corrected chi connectivity index (χ4v) is 5.50. The van der Waals surface area contributed by atoms with Crippen molar-refractivity contribution in [1.82, 2.24) is 5.16 Å². The quantitative estimate of drug-likeness (QED) is 0.555. The number of ether oxygens (including phenoxy) is 2. The Kier molecular flexibility index (Phi) is 5.57. The molecule has 1 aromatic carbocycles. The third kappa shape index (κ3) is 3.54. The Morgan fingerprint density at radius 2 is 2.09 bits per heavy atom. The van der Waals surface area contributed by atoms with Gasteiger partial charge < -0.3 is 14.0 Å². The Labute approximate surface area is 194 Å². The van der Waals surface area contributed by atoms with E-state index < -0.39 is 6.04 Å². The number of hydrogen-bond donors (Lipinski definition) is 0. The Balaban J connectivity index is 1.61. The molecule has 4 unspecified atom stereocenters. The van der Waals surface area contributed by atoms with E-state index in [9.17, 15) is 9.59 Å². The highest BCUT2D eigenvalue weighted by atomic mass is 79.9. The van der Waals surface area contributed by atoms with Gasteiger partial charge >= 0.3 is 0 Å². The van der Waals surface area contributed by atoms with Gasteiger partial charge in [-0.3, -0.25) is 14.5 Å². The van der Waals surface area contributed by atoms with Crippen molar-refractivity contribution >= 4 is 33.4 Å². The zero-order valence-electron chi connectivity index (χ0n) is 18.0. The zero-order chi connectivity index (χ0) is 22.4. The highest BCUT2D eigenvalue weighted by Gasteiger charge is 2.53. The van der Waals surface area contributed by atoms with Gasteiger partial charge in [0, 0.05) is 10.9 Å². The lowest BCUT2D eigenvalue weighted by Gasteiger charge is -2.37. The van der Waals surface area contributed by atoms with Crippen LogP contribution in [0.15, 0.2) is 46.2 Å². The van der Waals surface area contributed by atoms with Crippen LogP contribution in [0.3, 0.4) is 0 Å². The summed E-state index contributed by atoms with van der Waals surface area (Å²) in [5, 5.41) is 4.08. The molecule has 7 nitrogen and oxygen atoms in total. The van der Waals surface area contributed by atoms with Crippen molar-refractivity contribution in [2.75, 3.05) is 11.5 Å². The van der Waals surface area contributed by atoms with E-state index in [0.717, 1.165) is 24.8 Å². The molecule has 0 radical (unpaired) electrons. The molecule has 1 fully saturated rings. The Morgan fingerprint density at radius 3 is 2.84 bits per heavy atom. The van der Waals surface area contributed by atoms with Crippen LogP contribution in [0.25, 0.3) is 0 Å². The van der Waals surface area contributed by atoms with Crippen LogP contribution in [0.1, 0.15) is 50.0 Å². The second-order valence-corrected chi connectivity index (χ2v) is 9.87. The molecule has 4 atom stereocenters. The molecule has 0 N–H and O–H groups in total. The van der Waals surface area contributed by atoms with Crippen molar-refractivity contribution < 1.29 is 23.6 Å². The molecular formula is C24H25BrN2O5. The van der Waals surface area contributed by atoms with Gasteiger partial charge in [0.25, 0.3) is 5.91 Å². The van der Waals surface area contributed by atoms with Gasteiger partial charge in [0.1, 0.15) is 17.6 Å². The number of fused-ring (bicyclic) bond motifs is 1. The fraction of sp³-hybridized carbons (Fsp3) is 0.458. The minimum Gasteiger partial charge on any atom is -0.494 e. The van der Waals surface area contributed by atoms with Crippen molar-refractivity contribution in [3.8, 4) is 5.75 Å². The first-order valence-electron chi connectivity index (χ1n) is 11.1. The molecule has 5 rings (SSSR count). The number of hydrogen-bond acceptors (Lipinski definition) is 6. The van der Waals surface area contributed by atoms with Gasteiger partial charge in [0.15, 0.2) is 17.4 Å². The summed E-state index contributed by atoms with van der Waals surface area (Å²) in [6.07, 6.45) is 2.97. The van der Waals surface area contributed by atoms with Crippen molar-refractivity contribution in [2.24, 2.45) is 5.92 Å². The second-order valence-electron chi connectivity index (χ2n) is 8.57. The lowest BCUT2D eigenvalue weighted by molar-refractivity contribution is -0.131. The molecule has 168 valence electrons. The average molecular weight is 501 g/mol. The van der Waals surface area contributed by atoms with Crippen molar-refractivity contribution in [2.45, 2.75) is 56.5 Å². The number of anilines is 1. The van der Waals surface area contributed by atoms with Gasteiger partial charge in [-0.15, -0.1) is 0 Å². The first-order chi connectivity index (χ1) is 15.5. The molecule has 0 bridgehead atoms. The van der Waals surface area contributed by atoms with Crippen LogP contribution < -0.4 is 9.64 Å². The molecule has 3 aliphatic rings. The second kappa shape index (κ2) is 8.39. The maximum absolute atomic E-state index is 13.7. The summed E-state index contributed by atoms with van der Waals surface area (Å²) in [4.78, 5) is 29.1. The Bertz CT molecular complexity index is 1090. The number of halogens is 1. The molecule has 1 amide bonds. The van der Waals surface area contributed by atoms with Crippen LogP contribution in [-0.2, 0) is 14.3 Å². The number of aryl methyl sites for hydroxylation is 1. The van der Waals surface area contributed by atoms with Crippen molar-refractivity contribution in [3.05, 3.63) is 53.0 Å². The topological polar surface area (TPSA) is 81.9 Å². The summed E-state index contributed by atoms with van der Waals surface area (Å²) in [5.41, 5.74) is 1.19. The molecule has 1 aliphatic carbocycles. The van der Waals surface area contributed by atoms with Crippen molar-refractivity contribution in [1.29, 1.82) is 0 Å². The highest BCUT2D eigenvalue weighted by molar-refractivity contribution is 9.09. The highest BCUT2D eigenvalue weighted by Crippen LogP contribution is 2.49. The number of carbonyl (C=O) groups is 2. The van der Waals surface area contributed by atoms with Crippen LogP contribution in [0.2, 0.25) is 0 Å². The molecule has 2 aromatic rings. The van der Waals surface area contributed by atoms with Crippen LogP contribution >= 0.6 is 15.9 Å². The number of Topliss-reactive ketones (excluding diaryl/α,β-unsaturated/α-hetero) is 1. The molecule has 3 heterocycles. The maximum Gasteiger partial charge on any atom is 0.295 e. The summed E-state index contributed by atoms with van der Waals surface area (Å²) in [6, 6.07) is 8.60. The summed E-state index contributed by atoms with van der Waals surface area (Å²) in [6.45, 7) is 4.40.